The normalized spacial score (nSPS) is 14.9. The van der Waals surface area contributed by atoms with E-state index in [1.807, 2.05) is 57.2 Å². The van der Waals surface area contributed by atoms with Crippen LogP contribution in [0.1, 0.15) is 37.9 Å². The molecule has 8 nitrogen and oxygen atoms in total. The molecule has 0 radical (unpaired) electrons. The molecular formula is C30H33N3O5S. The molecule has 39 heavy (non-hydrogen) atoms. The Labute approximate surface area is 231 Å². The number of fused-ring (bicyclic) bond motifs is 1. The molecule has 3 aromatic rings. The van der Waals surface area contributed by atoms with E-state index in [0.29, 0.717) is 57.5 Å². The Kier molecular flexibility index (Phi) is 8.71. The maximum absolute atomic E-state index is 14.0. The topological polar surface area (TPSA) is 82.4 Å². The predicted octanol–water partition coefficient (Wildman–Crippen LogP) is 3.69. The summed E-state index contributed by atoms with van der Waals surface area (Å²) in [6.07, 6.45) is 3.46. The van der Waals surface area contributed by atoms with Gasteiger partial charge in [-0.1, -0.05) is 48.3 Å². The molecule has 1 amide bonds. The van der Waals surface area contributed by atoms with Crippen LogP contribution in [0.4, 0.5) is 0 Å². The number of carbonyl (C=O) groups excluding carboxylic acids is 1. The van der Waals surface area contributed by atoms with Crippen molar-refractivity contribution in [1.29, 1.82) is 0 Å². The molecule has 1 atom stereocenters. The smallest absolute Gasteiger partial charge is 0.271 e. The van der Waals surface area contributed by atoms with Crippen molar-refractivity contribution in [3.05, 3.63) is 97.2 Å². The number of methoxy groups -OCH3 is 2. The van der Waals surface area contributed by atoms with E-state index < -0.39 is 6.04 Å². The highest BCUT2D eigenvalue weighted by molar-refractivity contribution is 7.07. The number of allylic oxidation sites excluding steroid dienone is 1. The summed E-state index contributed by atoms with van der Waals surface area (Å²) >= 11 is 1.28. The molecule has 0 aliphatic carbocycles. The number of rotatable bonds is 10. The van der Waals surface area contributed by atoms with E-state index in [-0.39, 0.29) is 11.5 Å². The molecule has 1 aliphatic rings. The van der Waals surface area contributed by atoms with Crippen LogP contribution >= 0.6 is 11.3 Å². The van der Waals surface area contributed by atoms with E-state index in [1.54, 1.807) is 41.9 Å². The maximum Gasteiger partial charge on any atom is 0.271 e. The molecule has 2 aromatic carbocycles. The lowest BCUT2D eigenvalue weighted by Crippen LogP contribution is -2.43. The van der Waals surface area contributed by atoms with Gasteiger partial charge in [0, 0.05) is 18.7 Å². The number of thiazole rings is 1. The van der Waals surface area contributed by atoms with Crippen LogP contribution in [0.5, 0.6) is 17.2 Å². The molecule has 1 aromatic heterocycles. The zero-order valence-corrected chi connectivity index (χ0v) is 23.7. The Morgan fingerprint density at radius 2 is 1.82 bits per heavy atom. The van der Waals surface area contributed by atoms with Crippen LogP contribution in [0.2, 0.25) is 0 Å². The zero-order chi connectivity index (χ0) is 28.1. The second-order valence-electron chi connectivity index (χ2n) is 8.81. The molecule has 0 unspecified atom stereocenters. The van der Waals surface area contributed by atoms with Crippen LogP contribution < -0.4 is 29.1 Å². The van der Waals surface area contributed by atoms with Crippen molar-refractivity contribution in [2.24, 2.45) is 4.99 Å². The summed E-state index contributed by atoms with van der Waals surface area (Å²) in [5.41, 5.74) is 2.31. The van der Waals surface area contributed by atoms with Gasteiger partial charge in [0.15, 0.2) is 16.3 Å². The number of carbonyl (C=O) groups is 1. The summed E-state index contributed by atoms with van der Waals surface area (Å²) < 4.78 is 18.9. The average molecular weight is 548 g/mol. The highest BCUT2D eigenvalue weighted by Crippen LogP contribution is 2.36. The van der Waals surface area contributed by atoms with E-state index in [0.717, 1.165) is 11.1 Å². The van der Waals surface area contributed by atoms with Crippen molar-refractivity contribution in [3.63, 3.8) is 0 Å². The Morgan fingerprint density at radius 3 is 2.49 bits per heavy atom. The molecule has 1 aliphatic heterocycles. The Balaban J connectivity index is 1.92. The number of aromatic nitrogens is 1. The van der Waals surface area contributed by atoms with Gasteiger partial charge in [-0.2, -0.15) is 0 Å². The van der Waals surface area contributed by atoms with Crippen molar-refractivity contribution in [1.82, 2.24) is 9.47 Å². The van der Waals surface area contributed by atoms with E-state index in [2.05, 4.69) is 6.58 Å². The van der Waals surface area contributed by atoms with Crippen LogP contribution in [-0.4, -0.2) is 49.3 Å². The minimum atomic E-state index is -0.683. The summed E-state index contributed by atoms with van der Waals surface area (Å²) in [4.78, 5) is 34.7. The largest absolute Gasteiger partial charge is 0.496 e. The van der Waals surface area contributed by atoms with Crippen molar-refractivity contribution >= 4 is 23.3 Å². The van der Waals surface area contributed by atoms with Crippen LogP contribution in [0.25, 0.3) is 6.08 Å². The molecule has 4 rings (SSSR count). The van der Waals surface area contributed by atoms with Gasteiger partial charge in [0.05, 0.1) is 30.0 Å². The predicted molar refractivity (Wildman–Crippen MR) is 153 cm³/mol. The summed E-state index contributed by atoms with van der Waals surface area (Å²) in [7, 11) is 3.15. The summed E-state index contributed by atoms with van der Waals surface area (Å²) in [6.45, 7) is 10.8. The van der Waals surface area contributed by atoms with Gasteiger partial charge < -0.3 is 19.1 Å². The summed E-state index contributed by atoms with van der Waals surface area (Å²) in [5, 5.41) is 0. The van der Waals surface area contributed by atoms with Crippen LogP contribution in [-0.2, 0) is 4.79 Å². The second-order valence-corrected chi connectivity index (χ2v) is 9.82. The molecular weight excluding hydrogens is 514 g/mol. The van der Waals surface area contributed by atoms with Crippen molar-refractivity contribution in [3.8, 4) is 17.2 Å². The van der Waals surface area contributed by atoms with Crippen LogP contribution in [0.3, 0.4) is 0 Å². The average Bonchev–Trinajstić information content (AvgIpc) is 3.25. The number of para-hydroxylation sites is 1. The first kappa shape index (κ1) is 27.9. The molecule has 2 heterocycles. The lowest BCUT2D eigenvalue weighted by molar-refractivity contribution is -0.127. The van der Waals surface area contributed by atoms with Crippen molar-refractivity contribution < 1.29 is 19.0 Å². The third kappa shape index (κ3) is 5.40. The van der Waals surface area contributed by atoms with Gasteiger partial charge in [0.25, 0.3) is 11.5 Å². The SMILES string of the molecule is C=CCOc1ccc(/C=c2/sc3n(c2=O)[C@H](c2ccccc2OC)C(C(=O)N(CC)CC)=C(C)N=3)cc1OC. The fourth-order valence-electron chi connectivity index (χ4n) is 4.66. The number of benzene rings is 2. The van der Waals surface area contributed by atoms with E-state index in [9.17, 15) is 9.59 Å². The first-order chi connectivity index (χ1) is 18.9. The lowest BCUT2D eigenvalue weighted by Gasteiger charge is -2.29. The zero-order valence-electron chi connectivity index (χ0n) is 22.9. The second kappa shape index (κ2) is 12.2. The van der Waals surface area contributed by atoms with Gasteiger partial charge in [-0.05, 0) is 50.6 Å². The van der Waals surface area contributed by atoms with E-state index in [1.165, 1.54) is 11.3 Å². The highest BCUT2D eigenvalue weighted by Gasteiger charge is 2.35. The van der Waals surface area contributed by atoms with Gasteiger partial charge >= 0.3 is 0 Å². The quantitative estimate of drug-likeness (QED) is 0.362. The number of nitrogens with zero attached hydrogens (tertiary/aromatic N) is 3. The van der Waals surface area contributed by atoms with Crippen molar-refractivity contribution in [2.45, 2.75) is 26.8 Å². The van der Waals surface area contributed by atoms with Crippen LogP contribution in [0, 0.1) is 0 Å². The molecule has 0 N–H and O–H groups in total. The third-order valence-electron chi connectivity index (χ3n) is 6.58. The number of amides is 1. The molecule has 0 fully saturated rings. The standard InChI is InChI=1S/C30H33N3O5S/c1-7-16-38-23-15-14-20(17-24(23)37-6)18-25-28(34)33-27(21-12-10-11-13-22(21)36-5)26(19(4)31-30(33)39-25)29(35)32(8-2)9-3/h7,10-15,17-18,27H,1,8-9,16H2,2-6H3/b25-18+/t27-/m1/s1. The molecule has 0 saturated heterocycles. The monoisotopic (exact) mass is 547 g/mol. The van der Waals surface area contributed by atoms with E-state index in [4.69, 9.17) is 19.2 Å². The van der Waals surface area contributed by atoms with Crippen molar-refractivity contribution in [2.75, 3.05) is 33.9 Å². The van der Waals surface area contributed by atoms with Gasteiger partial charge in [-0.3, -0.25) is 14.2 Å². The summed E-state index contributed by atoms with van der Waals surface area (Å²) in [5.74, 6) is 1.58. The fraction of sp³-hybridized carbons (Fsp3) is 0.300. The Bertz CT molecular complexity index is 1600. The Hall–Kier alpha value is -4.11. The van der Waals surface area contributed by atoms with Gasteiger partial charge in [-0.25, -0.2) is 4.99 Å². The molecule has 0 spiro atoms. The molecule has 204 valence electrons. The van der Waals surface area contributed by atoms with Gasteiger partial charge in [0.1, 0.15) is 18.4 Å². The lowest BCUT2D eigenvalue weighted by atomic mass is 9.94. The van der Waals surface area contributed by atoms with E-state index >= 15 is 0 Å². The first-order valence-corrected chi connectivity index (χ1v) is 13.6. The van der Waals surface area contributed by atoms with Crippen LogP contribution in [0.15, 0.2) is 76.2 Å². The number of hydrogen-bond donors (Lipinski definition) is 0. The molecule has 9 heteroatoms. The number of hydrogen-bond acceptors (Lipinski definition) is 7. The molecule has 0 bridgehead atoms. The fourth-order valence-corrected chi connectivity index (χ4v) is 5.70. The first-order valence-electron chi connectivity index (χ1n) is 12.7. The minimum absolute atomic E-state index is 0.147. The number of ether oxygens (including phenoxy) is 3. The van der Waals surface area contributed by atoms with Gasteiger partial charge in [-0.15, -0.1) is 0 Å². The number of likely N-dealkylation sites (N-methyl/N-ethyl adjacent to an activating group) is 1. The maximum atomic E-state index is 14.0. The Morgan fingerprint density at radius 1 is 1.10 bits per heavy atom. The third-order valence-corrected chi connectivity index (χ3v) is 7.56. The minimum Gasteiger partial charge on any atom is -0.496 e. The van der Waals surface area contributed by atoms with Gasteiger partial charge in [0.2, 0.25) is 0 Å². The summed E-state index contributed by atoms with van der Waals surface area (Å²) in [6, 6.07) is 12.3. The highest BCUT2D eigenvalue weighted by atomic mass is 32.1. The molecule has 0 saturated carbocycles.